The zero-order valence-corrected chi connectivity index (χ0v) is 22.6. The number of benzene rings is 2. The van der Waals surface area contributed by atoms with Crippen LogP contribution in [0.2, 0.25) is 10.0 Å². The van der Waals surface area contributed by atoms with E-state index in [1.165, 1.54) is 17.0 Å². The first kappa shape index (κ1) is 27.4. The number of halogens is 2. The molecule has 9 nitrogen and oxygen atoms in total. The van der Waals surface area contributed by atoms with Crippen LogP contribution < -0.4 is 16.0 Å². The number of hydrogen-bond acceptors (Lipinski definition) is 5. The second-order valence-corrected chi connectivity index (χ2v) is 11.6. The molecule has 2 aromatic rings. The number of likely N-dealkylation sites (tertiary alicyclic amines) is 1. The minimum atomic E-state index is -1.12. The first-order chi connectivity index (χ1) is 17.9. The number of nitrogens with zero attached hydrogens (tertiary/aromatic N) is 2. The van der Waals surface area contributed by atoms with Crippen molar-refractivity contribution in [3.8, 4) is 6.07 Å². The molecular formula is C27H27Cl2N5O4. The van der Waals surface area contributed by atoms with Crippen molar-refractivity contribution in [2.45, 2.75) is 51.1 Å². The van der Waals surface area contributed by atoms with Crippen molar-refractivity contribution in [1.29, 1.82) is 5.26 Å². The van der Waals surface area contributed by atoms with Crippen LogP contribution in [0.1, 0.15) is 39.2 Å². The Morgan fingerprint density at radius 3 is 2.42 bits per heavy atom. The summed E-state index contributed by atoms with van der Waals surface area (Å²) in [5, 5.41) is 18.0. The maximum atomic E-state index is 13.8. The molecule has 2 aliphatic rings. The van der Waals surface area contributed by atoms with Crippen molar-refractivity contribution >= 4 is 58.2 Å². The van der Waals surface area contributed by atoms with Gasteiger partial charge in [0.1, 0.15) is 12.1 Å². The number of hydrogen-bond donors (Lipinski definition) is 3. The molecule has 2 aliphatic heterocycles. The lowest BCUT2D eigenvalue weighted by Crippen LogP contribution is -2.53. The number of nitriles is 1. The van der Waals surface area contributed by atoms with E-state index < -0.39 is 40.6 Å². The molecule has 38 heavy (non-hydrogen) atoms. The predicted octanol–water partition coefficient (Wildman–Crippen LogP) is 3.87. The molecule has 2 heterocycles. The normalized spacial score (nSPS) is 20.9. The third-order valence-electron chi connectivity index (χ3n) is 6.74. The molecule has 3 atom stereocenters. The molecule has 4 amide bonds. The lowest BCUT2D eigenvalue weighted by molar-refractivity contribution is -0.141. The number of carbonyl (C=O) groups is 4. The van der Waals surface area contributed by atoms with Crippen LogP contribution in [0, 0.1) is 16.7 Å². The minimum Gasteiger partial charge on any atom is -0.336 e. The van der Waals surface area contributed by atoms with Gasteiger partial charge in [-0.25, -0.2) is 0 Å². The second-order valence-electron chi connectivity index (χ2n) is 10.7. The summed E-state index contributed by atoms with van der Waals surface area (Å²) in [4.78, 5) is 53.8. The highest BCUT2D eigenvalue weighted by molar-refractivity contribution is 6.44. The van der Waals surface area contributed by atoms with E-state index in [0.29, 0.717) is 5.69 Å². The summed E-state index contributed by atoms with van der Waals surface area (Å²) >= 11 is 12.2. The van der Waals surface area contributed by atoms with Gasteiger partial charge in [0.25, 0.3) is 0 Å². The summed E-state index contributed by atoms with van der Waals surface area (Å²) in [6.45, 7) is 5.63. The highest BCUT2D eigenvalue weighted by Gasteiger charge is 2.56. The van der Waals surface area contributed by atoms with Gasteiger partial charge < -0.3 is 20.9 Å². The molecule has 0 aliphatic carbocycles. The van der Waals surface area contributed by atoms with Crippen LogP contribution in [0.3, 0.4) is 0 Å². The number of fused-ring (bicyclic) bond motifs is 2. The van der Waals surface area contributed by atoms with E-state index in [9.17, 15) is 24.4 Å². The molecule has 0 aromatic heterocycles. The number of para-hydroxylation sites is 2. The first-order valence-corrected chi connectivity index (χ1v) is 12.8. The Bertz CT molecular complexity index is 1350. The van der Waals surface area contributed by atoms with Gasteiger partial charge in [-0.1, -0.05) is 68.2 Å². The maximum Gasteiger partial charge on any atom is 0.313 e. The molecule has 1 unspecified atom stereocenters. The van der Waals surface area contributed by atoms with Crippen LogP contribution >= 0.6 is 23.2 Å². The molecule has 1 fully saturated rings. The quantitative estimate of drug-likeness (QED) is 0.493. The molecule has 4 rings (SSSR count). The standard InChI is InChI=1S/C27H27Cl2N5O4/c1-26(2,3)12-20(31-22(35)23(36)33-21-17(28)8-6-9-18(21)29)24(37)34-14-27(11-15(34)13-30)16-7-4-5-10-19(16)32-25(27)38/h4-10,15,20H,11-12,14H2,1-3H3,(H,31,35)(H,32,38)(H,33,36)/t15?,20-,27-/m0/s1. The van der Waals surface area contributed by atoms with Crippen molar-refractivity contribution in [1.82, 2.24) is 10.2 Å². The molecule has 11 heteroatoms. The van der Waals surface area contributed by atoms with Gasteiger partial charge in [0.2, 0.25) is 11.8 Å². The van der Waals surface area contributed by atoms with Gasteiger partial charge in [0, 0.05) is 18.7 Å². The van der Waals surface area contributed by atoms with Crippen molar-refractivity contribution in [2.24, 2.45) is 5.41 Å². The van der Waals surface area contributed by atoms with Crippen molar-refractivity contribution in [2.75, 3.05) is 17.2 Å². The Morgan fingerprint density at radius 2 is 1.79 bits per heavy atom. The number of carbonyl (C=O) groups excluding carboxylic acids is 4. The highest BCUT2D eigenvalue weighted by atomic mass is 35.5. The molecule has 198 valence electrons. The van der Waals surface area contributed by atoms with Gasteiger partial charge >= 0.3 is 11.8 Å². The van der Waals surface area contributed by atoms with Crippen LogP contribution in [0.25, 0.3) is 0 Å². The van der Waals surface area contributed by atoms with E-state index >= 15 is 0 Å². The Hall–Kier alpha value is -3.61. The van der Waals surface area contributed by atoms with E-state index in [1.807, 2.05) is 26.8 Å². The third-order valence-corrected chi connectivity index (χ3v) is 7.37. The summed E-state index contributed by atoms with van der Waals surface area (Å²) in [5.41, 5.74) is -0.0359. The molecule has 0 radical (unpaired) electrons. The number of amides is 4. The van der Waals surface area contributed by atoms with E-state index in [0.717, 1.165) is 5.56 Å². The number of rotatable bonds is 4. The van der Waals surface area contributed by atoms with E-state index in [4.69, 9.17) is 23.2 Å². The van der Waals surface area contributed by atoms with Gasteiger partial charge in [-0.15, -0.1) is 0 Å². The highest BCUT2D eigenvalue weighted by Crippen LogP contribution is 2.46. The molecule has 0 saturated carbocycles. The van der Waals surface area contributed by atoms with Crippen LogP contribution in [-0.2, 0) is 24.6 Å². The maximum absolute atomic E-state index is 13.8. The smallest absolute Gasteiger partial charge is 0.313 e. The number of nitrogens with one attached hydrogen (secondary N) is 3. The van der Waals surface area contributed by atoms with Gasteiger partial charge in [0.05, 0.1) is 27.2 Å². The molecule has 2 aromatic carbocycles. The van der Waals surface area contributed by atoms with Gasteiger partial charge in [0.15, 0.2) is 0 Å². The van der Waals surface area contributed by atoms with Gasteiger partial charge in [-0.3, -0.25) is 19.2 Å². The Labute approximate surface area is 230 Å². The average molecular weight is 556 g/mol. The zero-order chi connectivity index (χ0) is 27.8. The lowest BCUT2D eigenvalue weighted by atomic mass is 9.80. The average Bonchev–Trinajstić information content (AvgIpc) is 3.38. The predicted molar refractivity (Wildman–Crippen MR) is 144 cm³/mol. The fraction of sp³-hybridized carbons (Fsp3) is 0.370. The monoisotopic (exact) mass is 555 g/mol. The fourth-order valence-corrected chi connectivity index (χ4v) is 5.50. The minimum absolute atomic E-state index is 0.0230. The largest absolute Gasteiger partial charge is 0.336 e. The SMILES string of the molecule is CC(C)(C)C[C@H](NC(=O)C(=O)Nc1c(Cl)cccc1Cl)C(=O)N1C[C@]2(CC1C#N)C(=O)Nc1ccccc12. The summed E-state index contributed by atoms with van der Waals surface area (Å²) < 4.78 is 0. The van der Waals surface area contributed by atoms with Crippen LogP contribution in [0.4, 0.5) is 11.4 Å². The Kier molecular flexibility index (Phi) is 7.42. The fourth-order valence-electron chi connectivity index (χ4n) is 5.01. The first-order valence-electron chi connectivity index (χ1n) is 12.0. The third kappa shape index (κ3) is 5.19. The van der Waals surface area contributed by atoms with Crippen molar-refractivity contribution in [3.63, 3.8) is 0 Å². The van der Waals surface area contributed by atoms with Gasteiger partial charge in [-0.2, -0.15) is 5.26 Å². The van der Waals surface area contributed by atoms with Crippen molar-refractivity contribution < 1.29 is 19.2 Å². The van der Waals surface area contributed by atoms with Crippen LogP contribution in [0.5, 0.6) is 0 Å². The molecule has 0 bridgehead atoms. The molecular weight excluding hydrogens is 529 g/mol. The summed E-state index contributed by atoms with van der Waals surface area (Å²) in [5.74, 6) is -2.93. The lowest BCUT2D eigenvalue weighted by Gasteiger charge is -2.31. The summed E-state index contributed by atoms with van der Waals surface area (Å²) in [7, 11) is 0. The summed E-state index contributed by atoms with van der Waals surface area (Å²) in [6, 6.07) is 11.9. The van der Waals surface area contributed by atoms with E-state index in [2.05, 4.69) is 22.0 Å². The van der Waals surface area contributed by atoms with E-state index in [1.54, 1.807) is 24.3 Å². The molecule has 3 N–H and O–H groups in total. The Morgan fingerprint density at radius 1 is 1.13 bits per heavy atom. The van der Waals surface area contributed by atoms with E-state index in [-0.39, 0.29) is 41.0 Å². The molecule has 1 spiro atoms. The Balaban J connectivity index is 1.58. The van der Waals surface area contributed by atoms with Crippen LogP contribution in [-0.4, -0.2) is 47.2 Å². The van der Waals surface area contributed by atoms with Crippen LogP contribution in [0.15, 0.2) is 42.5 Å². The number of anilines is 2. The zero-order valence-electron chi connectivity index (χ0n) is 21.1. The topological polar surface area (TPSA) is 131 Å². The molecule has 1 saturated heterocycles. The van der Waals surface area contributed by atoms with Crippen molar-refractivity contribution in [3.05, 3.63) is 58.1 Å². The summed E-state index contributed by atoms with van der Waals surface area (Å²) in [6.07, 6.45) is 0.307. The van der Waals surface area contributed by atoms with Gasteiger partial charge in [-0.05, 0) is 35.6 Å². The second kappa shape index (κ2) is 10.3.